The van der Waals surface area contributed by atoms with Gasteiger partial charge in [0.15, 0.2) is 5.76 Å². The van der Waals surface area contributed by atoms with E-state index in [-0.39, 0.29) is 17.3 Å². The Bertz CT molecular complexity index is 881. The van der Waals surface area contributed by atoms with Gasteiger partial charge < -0.3 is 19.6 Å². The molecule has 1 aliphatic rings. The number of ether oxygens (including phenoxy) is 1. The predicted molar refractivity (Wildman–Crippen MR) is 104 cm³/mol. The molecule has 1 heterocycles. The average molecular weight is 352 g/mol. The number of benzene rings is 2. The molecule has 0 saturated carbocycles. The number of allylic oxidation sites excluding steroid dienone is 1. The summed E-state index contributed by atoms with van der Waals surface area (Å²) in [6.07, 6.45) is 1.75. The molecule has 136 valence electrons. The van der Waals surface area contributed by atoms with Crippen LogP contribution in [0.3, 0.4) is 0 Å². The van der Waals surface area contributed by atoms with Gasteiger partial charge in [-0.3, -0.25) is 4.79 Å². The van der Waals surface area contributed by atoms with Gasteiger partial charge in [-0.25, -0.2) is 0 Å². The first-order valence-corrected chi connectivity index (χ1v) is 8.49. The molecule has 0 aliphatic carbocycles. The van der Waals surface area contributed by atoms with Gasteiger partial charge in [0.2, 0.25) is 5.78 Å². The molecule has 0 radical (unpaired) electrons. The molecule has 0 spiro atoms. The Morgan fingerprint density at radius 1 is 1.12 bits per heavy atom. The SMILES string of the molecule is Cc1cc(O)c(CN(C)C)c2c1C(=O)/C(=C/c1ccc(N(C)C)cc1)O2. The first-order chi connectivity index (χ1) is 12.3. The fraction of sp³-hybridized carbons (Fsp3) is 0.286. The van der Waals surface area contributed by atoms with Crippen molar-refractivity contribution in [3.63, 3.8) is 0 Å². The van der Waals surface area contributed by atoms with Crippen LogP contribution in [0.4, 0.5) is 5.69 Å². The summed E-state index contributed by atoms with van der Waals surface area (Å²) < 4.78 is 5.91. The molecule has 0 unspecified atom stereocenters. The van der Waals surface area contributed by atoms with Crippen LogP contribution in [0.5, 0.6) is 11.5 Å². The highest BCUT2D eigenvalue weighted by Crippen LogP contribution is 2.42. The number of anilines is 1. The number of ketones is 1. The molecule has 26 heavy (non-hydrogen) atoms. The number of nitrogens with zero attached hydrogens (tertiary/aromatic N) is 2. The number of fused-ring (bicyclic) bond motifs is 1. The number of Topliss-reactive ketones (excluding diaryl/α,β-unsaturated/α-hetero) is 1. The van der Waals surface area contributed by atoms with Crippen LogP contribution in [0.25, 0.3) is 6.08 Å². The molecule has 5 nitrogen and oxygen atoms in total. The Kier molecular flexibility index (Phi) is 4.74. The Balaban J connectivity index is 2.00. The van der Waals surface area contributed by atoms with Crippen LogP contribution in [-0.2, 0) is 6.54 Å². The zero-order valence-electron chi connectivity index (χ0n) is 15.8. The summed E-state index contributed by atoms with van der Waals surface area (Å²) in [5.41, 5.74) is 3.87. The summed E-state index contributed by atoms with van der Waals surface area (Å²) in [5, 5.41) is 10.3. The Labute approximate surface area is 154 Å². The maximum atomic E-state index is 12.8. The van der Waals surface area contributed by atoms with E-state index >= 15 is 0 Å². The molecule has 3 rings (SSSR count). The Morgan fingerprint density at radius 3 is 2.35 bits per heavy atom. The van der Waals surface area contributed by atoms with Crippen molar-refractivity contribution in [3.05, 3.63) is 58.3 Å². The lowest BCUT2D eigenvalue weighted by atomic mass is 9.99. The molecule has 5 heteroatoms. The van der Waals surface area contributed by atoms with E-state index in [1.165, 1.54) is 0 Å². The number of rotatable bonds is 4. The Morgan fingerprint density at radius 2 is 1.77 bits per heavy atom. The number of hydrogen-bond donors (Lipinski definition) is 1. The quantitative estimate of drug-likeness (QED) is 0.854. The maximum Gasteiger partial charge on any atom is 0.232 e. The van der Waals surface area contributed by atoms with Gasteiger partial charge in [-0.15, -0.1) is 0 Å². The lowest BCUT2D eigenvalue weighted by Crippen LogP contribution is -2.12. The van der Waals surface area contributed by atoms with E-state index in [1.54, 1.807) is 12.1 Å². The highest BCUT2D eigenvalue weighted by atomic mass is 16.5. The van der Waals surface area contributed by atoms with E-state index in [0.29, 0.717) is 23.4 Å². The van der Waals surface area contributed by atoms with Crippen LogP contribution >= 0.6 is 0 Å². The molecule has 2 aromatic rings. The number of phenolic OH excluding ortho intramolecular Hbond substituents is 1. The number of aryl methyl sites for hydroxylation is 1. The summed E-state index contributed by atoms with van der Waals surface area (Å²) in [6.45, 7) is 2.31. The van der Waals surface area contributed by atoms with E-state index < -0.39 is 0 Å². The molecular weight excluding hydrogens is 328 g/mol. The maximum absolute atomic E-state index is 12.8. The molecule has 2 aromatic carbocycles. The molecule has 0 aromatic heterocycles. The predicted octanol–water partition coefficient (Wildman–Crippen LogP) is 3.44. The van der Waals surface area contributed by atoms with Gasteiger partial charge in [0.05, 0.1) is 11.1 Å². The first-order valence-electron chi connectivity index (χ1n) is 8.49. The number of hydrogen-bond acceptors (Lipinski definition) is 5. The Hall–Kier alpha value is -2.79. The summed E-state index contributed by atoms with van der Waals surface area (Å²) in [7, 11) is 7.78. The van der Waals surface area contributed by atoms with Crippen molar-refractivity contribution in [1.82, 2.24) is 4.90 Å². The summed E-state index contributed by atoms with van der Waals surface area (Å²) in [5.74, 6) is 0.761. The van der Waals surface area contributed by atoms with Crippen molar-refractivity contribution in [3.8, 4) is 11.5 Å². The third-order valence-electron chi connectivity index (χ3n) is 4.40. The fourth-order valence-corrected chi connectivity index (χ4v) is 3.07. The average Bonchev–Trinajstić information content (AvgIpc) is 2.89. The van der Waals surface area contributed by atoms with Crippen molar-refractivity contribution in [2.24, 2.45) is 0 Å². The zero-order chi connectivity index (χ0) is 19.0. The number of aromatic hydroxyl groups is 1. The number of carbonyl (C=O) groups is 1. The van der Waals surface area contributed by atoms with Crippen molar-refractivity contribution < 1.29 is 14.6 Å². The first kappa shape index (κ1) is 18.0. The van der Waals surface area contributed by atoms with Crippen LogP contribution in [0.1, 0.15) is 27.0 Å². The minimum Gasteiger partial charge on any atom is -0.507 e. The van der Waals surface area contributed by atoms with Crippen LogP contribution in [0.15, 0.2) is 36.1 Å². The fourth-order valence-electron chi connectivity index (χ4n) is 3.07. The summed E-state index contributed by atoms with van der Waals surface area (Å²) in [6, 6.07) is 9.52. The lowest BCUT2D eigenvalue weighted by molar-refractivity contribution is 0.101. The van der Waals surface area contributed by atoms with Crippen LogP contribution < -0.4 is 9.64 Å². The smallest absolute Gasteiger partial charge is 0.232 e. The van der Waals surface area contributed by atoms with E-state index in [2.05, 4.69) is 0 Å². The molecule has 1 N–H and O–H groups in total. The normalized spacial score (nSPS) is 14.7. The van der Waals surface area contributed by atoms with Crippen molar-refractivity contribution in [1.29, 1.82) is 0 Å². The van der Waals surface area contributed by atoms with Gasteiger partial charge >= 0.3 is 0 Å². The van der Waals surface area contributed by atoms with Gasteiger partial charge in [0.1, 0.15) is 11.5 Å². The van der Waals surface area contributed by atoms with Crippen LogP contribution in [-0.4, -0.2) is 44.0 Å². The molecule has 0 atom stereocenters. The van der Waals surface area contributed by atoms with Crippen LogP contribution in [0.2, 0.25) is 0 Å². The second kappa shape index (κ2) is 6.84. The van der Waals surface area contributed by atoms with Crippen molar-refractivity contribution in [2.75, 3.05) is 33.1 Å². The van der Waals surface area contributed by atoms with Crippen molar-refractivity contribution >= 4 is 17.5 Å². The second-order valence-electron chi connectivity index (χ2n) is 7.06. The molecule has 0 amide bonds. The van der Waals surface area contributed by atoms with Gasteiger partial charge in [-0.2, -0.15) is 0 Å². The van der Waals surface area contributed by atoms with Crippen LogP contribution in [0, 0.1) is 6.92 Å². The minimum absolute atomic E-state index is 0.144. The van der Waals surface area contributed by atoms with Gasteiger partial charge in [-0.1, -0.05) is 12.1 Å². The zero-order valence-corrected chi connectivity index (χ0v) is 15.8. The summed E-state index contributed by atoms with van der Waals surface area (Å²) >= 11 is 0. The van der Waals surface area contributed by atoms with E-state index in [9.17, 15) is 9.90 Å². The molecular formula is C21H24N2O3. The molecule has 0 fully saturated rings. The second-order valence-corrected chi connectivity index (χ2v) is 7.06. The highest BCUT2D eigenvalue weighted by molar-refractivity contribution is 6.15. The van der Waals surface area contributed by atoms with E-state index in [4.69, 9.17) is 4.74 Å². The standard InChI is InChI=1S/C21H24N2O3/c1-13-10-17(24)16(12-22(2)3)21-19(13)20(25)18(26-21)11-14-6-8-15(9-7-14)23(4)5/h6-11,24H,12H2,1-5H3/b18-11-. The van der Waals surface area contributed by atoms with Gasteiger partial charge in [0.25, 0.3) is 0 Å². The van der Waals surface area contributed by atoms with Gasteiger partial charge in [0, 0.05) is 26.3 Å². The monoisotopic (exact) mass is 352 g/mol. The topological polar surface area (TPSA) is 53.0 Å². The largest absolute Gasteiger partial charge is 0.507 e. The minimum atomic E-state index is -0.144. The number of carbonyl (C=O) groups excluding carboxylic acids is 1. The van der Waals surface area contributed by atoms with E-state index in [1.807, 2.05) is 69.2 Å². The van der Waals surface area contributed by atoms with Gasteiger partial charge in [-0.05, 0) is 56.4 Å². The summed E-state index contributed by atoms with van der Waals surface area (Å²) in [4.78, 5) is 16.8. The molecule has 1 aliphatic heterocycles. The highest BCUT2D eigenvalue weighted by Gasteiger charge is 2.33. The van der Waals surface area contributed by atoms with E-state index in [0.717, 1.165) is 16.8 Å². The number of phenols is 1. The third-order valence-corrected chi connectivity index (χ3v) is 4.40. The lowest BCUT2D eigenvalue weighted by Gasteiger charge is -2.15. The molecule has 0 bridgehead atoms. The third kappa shape index (κ3) is 3.30. The molecule has 0 saturated heterocycles. The van der Waals surface area contributed by atoms with Crippen molar-refractivity contribution in [2.45, 2.75) is 13.5 Å².